The number of fused-ring (bicyclic) bond motifs is 1. The smallest absolute Gasteiger partial charge is 0.341 e. The van der Waals surface area contributed by atoms with Gasteiger partial charge in [-0.05, 0) is 38.6 Å². The molecule has 1 saturated heterocycles. The van der Waals surface area contributed by atoms with Crippen molar-refractivity contribution in [1.82, 2.24) is 9.88 Å². The van der Waals surface area contributed by atoms with Crippen LogP contribution in [0.25, 0.3) is 10.9 Å². The van der Waals surface area contributed by atoms with Gasteiger partial charge in [-0.1, -0.05) is 6.92 Å². The summed E-state index contributed by atoms with van der Waals surface area (Å²) in [5, 5.41) is 3.52. The van der Waals surface area contributed by atoms with E-state index in [0.717, 1.165) is 56.6 Å². The second kappa shape index (κ2) is 10.9. The molecule has 1 aromatic heterocycles. The van der Waals surface area contributed by atoms with Gasteiger partial charge in [-0.3, -0.25) is 4.98 Å². The fraction of sp³-hybridized carbons (Fsp3) is 0.385. The molecule has 0 radical (unpaired) electrons. The normalized spacial score (nSPS) is 14.3. The minimum Gasteiger partial charge on any atom is -0.492 e. The van der Waals surface area contributed by atoms with Crippen molar-refractivity contribution >= 4 is 33.9 Å². The molecule has 186 valence electrons. The van der Waals surface area contributed by atoms with Crippen LogP contribution in [0.2, 0.25) is 0 Å². The van der Waals surface area contributed by atoms with Gasteiger partial charge in [-0.15, -0.1) is 0 Å². The van der Waals surface area contributed by atoms with Crippen LogP contribution in [-0.4, -0.2) is 61.8 Å². The lowest BCUT2D eigenvalue weighted by Crippen LogP contribution is -2.46. The summed E-state index contributed by atoms with van der Waals surface area (Å²) in [5.74, 6) is -1.16. The highest BCUT2D eigenvalue weighted by Gasteiger charge is 2.23. The van der Waals surface area contributed by atoms with Gasteiger partial charge in [0.15, 0.2) is 0 Å². The zero-order valence-electron chi connectivity index (χ0n) is 20.2. The SMILES string of the molecule is CCOC(=O)c1cnc2cc(OCC)c(N3CCN(CC)CC3)cc2c1Nc1cc(F)ccc1F. The van der Waals surface area contributed by atoms with Crippen LogP contribution in [0, 0.1) is 11.6 Å². The number of halogens is 2. The molecule has 1 fully saturated rings. The van der Waals surface area contributed by atoms with E-state index in [1.165, 1.54) is 6.20 Å². The van der Waals surface area contributed by atoms with Crippen molar-refractivity contribution in [3.63, 3.8) is 0 Å². The molecular weight excluding hydrogens is 454 g/mol. The Labute approximate surface area is 203 Å². The summed E-state index contributed by atoms with van der Waals surface area (Å²) >= 11 is 0. The van der Waals surface area contributed by atoms with Crippen LogP contribution in [0.1, 0.15) is 31.1 Å². The van der Waals surface area contributed by atoms with Crippen LogP contribution in [0.15, 0.2) is 36.5 Å². The lowest BCUT2D eigenvalue weighted by Gasteiger charge is -2.36. The van der Waals surface area contributed by atoms with E-state index in [2.05, 4.69) is 27.0 Å². The summed E-state index contributed by atoms with van der Waals surface area (Å²) < 4.78 is 39.6. The van der Waals surface area contributed by atoms with Gasteiger partial charge in [-0.2, -0.15) is 0 Å². The summed E-state index contributed by atoms with van der Waals surface area (Å²) in [4.78, 5) is 21.8. The second-order valence-electron chi connectivity index (χ2n) is 8.21. The first kappa shape index (κ1) is 24.7. The molecule has 0 unspecified atom stereocenters. The molecule has 0 saturated carbocycles. The molecule has 0 atom stereocenters. The fourth-order valence-corrected chi connectivity index (χ4v) is 4.26. The zero-order chi connectivity index (χ0) is 24.9. The van der Waals surface area contributed by atoms with E-state index in [0.29, 0.717) is 28.9 Å². The van der Waals surface area contributed by atoms with Crippen molar-refractivity contribution in [2.45, 2.75) is 20.8 Å². The number of pyridine rings is 1. The quantitative estimate of drug-likeness (QED) is 0.453. The monoisotopic (exact) mass is 484 g/mol. The van der Waals surface area contributed by atoms with Gasteiger partial charge in [0.2, 0.25) is 0 Å². The number of hydrogen-bond acceptors (Lipinski definition) is 7. The Balaban J connectivity index is 1.88. The number of carbonyl (C=O) groups is 1. The van der Waals surface area contributed by atoms with Crippen molar-refractivity contribution in [3.8, 4) is 5.75 Å². The number of nitrogens with zero attached hydrogens (tertiary/aromatic N) is 3. The molecule has 2 heterocycles. The lowest BCUT2D eigenvalue weighted by atomic mass is 10.1. The number of esters is 1. The molecule has 1 aliphatic rings. The van der Waals surface area contributed by atoms with Crippen molar-refractivity contribution in [2.75, 3.05) is 56.2 Å². The molecule has 9 heteroatoms. The molecule has 0 spiro atoms. The first-order chi connectivity index (χ1) is 16.9. The van der Waals surface area contributed by atoms with Gasteiger partial charge in [0.05, 0.1) is 35.8 Å². The number of carbonyl (C=O) groups excluding carboxylic acids is 1. The Hall–Kier alpha value is -3.46. The molecule has 35 heavy (non-hydrogen) atoms. The van der Waals surface area contributed by atoms with Crippen molar-refractivity contribution in [2.24, 2.45) is 0 Å². The fourth-order valence-electron chi connectivity index (χ4n) is 4.26. The number of anilines is 3. The maximum absolute atomic E-state index is 14.5. The van der Waals surface area contributed by atoms with E-state index in [1.807, 2.05) is 19.1 Å². The summed E-state index contributed by atoms with van der Waals surface area (Å²) in [6.45, 7) is 10.9. The third kappa shape index (κ3) is 5.30. The van der Waals surface area contributed by atoms with E-state index in [-0.39, 0.29) is 17.9 Å². The highest BCUT2D eigenvalue weighted by Crippen LogP contribution is 2.39. The third-order valence-electron chi connectivity index (χ3n) is 6.09. The van der Waals surface area contributed by atoms with Crippen LogP contribution in [0.5, 0.6) is 5.75 Å². The Morgan fingerprint density at radius 2 is 1.83 bits per heavy atom. The average Bonchev–Trinajstić information content (AvgIpc) is 2.86. The van der Waals surface area contributed by atoms with Crippen LogP contribution in [0.3, 0.4) is 0 Å². The van der Waals surface area contributed by atoms with Gasteiger partial charge < -0.3 is 24.6 Å². The first-order valence-corrected chi connectivity index (χ1v) is 11.9. The zero-order valence-corrected chi connectivity index (χ0v) is 20.2. The van der Waals surface area contributed by atoms with Crippen LogP contribution >= 0.6 is 0 Å². The topological polar surface area (TPSA) is 66.9 Å². The predicted molar refractivity (Wildman–Crippen MR) is 133 cm³/mol. The van der Waals surface area contributed by atoms with E-state index < -0.39 is 17.6 Å². The molecule has 3 aromatic rings. The van der Waals surface area contributed by atoms with Gasteiger partial charge in [-0.25, -0.2) is 13.6 Å². The summed E-state index contributed by atoms with van der Waals surface area (Å²) in [5.41, 5.74) is 1.76. The molecule has 0 bridgehead atoms. The highest BCUT2D eigenvalue weighted by molar-refractivity contribution is 6.07. The second-order valence-corrected chi connectivity index (χ2v) is 8.21. The number of nitrogens with one attached hydrogen (secondary N) is 1. The average molecular weight is 485 g/mol. The van der Waals surface area contributed by atoms with Gasteiger partial charge in [0.1, 0.15) is 22.9 Å². The van der Waals surface area contributed by atoms with Crippen molar-refractivity contribution in [1.29, 1.82) is 0 Å². The van der Waals surface area contributed by atoms with Crippen molar-refractivity contribution in [3.05, 3.63) is 53.7 Å². The third-order valence-corrected chi connectivity index (χ3v) is 6.09. The molecule has 0 aliphatic carbocycles. The molecule has 0 amide bonds. The van der Waals surface area contributed by atoms with Gasteiger partial charge in [0.25, 0.3) is 0 Å². The largest absolute Gasteiger partial charge is 0.492 e. The standard InChI is InChI=1S/C26H30F2N4O3/c1-4-31-9-11-32(12-10-31)23-14-18-21(15-24(23)34-5-2)29-16-19(26(33)35-6-3)25(18)30-22-13-17(27)7-8-20(22)28/h7-8,13-16H,4-6,9-12H2,1-3H3,(H,29,30). The van der Waals surface area contributed by atoms with Gasteiger partial charge in [0, 0.05) is 49.9 Å². The highest BCUT2D eigenvalue weighted by atomic mass is 19.1. The van der Waals surface area contributed by atoms with E-state index in [9.17, 15) is 13.6 Å². The van der Waals surface area contributed by atoms with E-state index in [1.54, 1.807) is 6.92 Å². The Bertz CT molecular complexity index is 1210. The van der Waals surface area contributed by atoms with E-state index >= 15 is 0 Å². The number of benzene rings is 2. The molecule has 4 rings (SSSR count). The number of aromatic nitrogens is 1. The van der Waals surface area contributed by atoms with Crippen LogP contribution in [0.4, 0.5) is 25.8 Å². The number of piperazine rings is 1. The predicted octanol–water partition coefficient (Wildman–Crippen LogP) is 4.97. The molecule has 1 aliphatic heterocycles. The van der Waals surface area contributed by atoms with Gasteiger partial charge >= 0.3 is 5.97 Å². The number of hydrogen-bond donors (Lipinski definition) is 1. The maximum atomic E-state index is 14.5. The number of ether oxygens (including phenoxy) is 2. The van der Waals surface area contributed by atoms with Crippen LogP contribution in [-0.2, 0) is 4.74 Å². The summed E-state index contributed by atoms with van der Waals surface area (Å²) in [7, 11) is 0. The Morgan fingerprint density at radius 3 is 2.51 bits per heavy atom. The number of likely N-dealkylation sites (N-methyl/N-ethyl adjacent to an activating group) is 1. The van der Waals surface area contributed by atoms with E-state index in [4.69, 9.17) is 9.47 Å². The molecular formula is C26H30F2N4O3. The minimum atomic E-state index is -0.645. The Kier molecular flexibility index (Phi) is 7.65. The Morgan fingerprint density at radius 1 is 1.06 bits per heavy atom. The summed E-state index contributed by atoms with van der Waals surface area (Å²) in [6.07, 6.45) is 1.38. The molecule has 7 nitrogen and oxygen atoms in total. The first-order valence-electron chi connectivity index (χ1n) is 11.9. The lowest BCUT2D eigenvalue weighted by molar-refractivity contribution is 0.0527. The van der Waals surface area contributed by atoms with Crippen molar-refractivity contribution < 1.29 is 23.0 Å². The molecule has 2 aromatic carbocycles. The van der Waals surface area contributed by atoms with Crippen LogP contribution < -0.4 is 15.0 Å². The summed E-state index contributed by atoms with van der Waals surface area (Å²) in [6, 6.07) is 6.85. The minimum absolute atomic E-state index is 0.0879. The number of rotatable bonds is 8. The maximum Gasteiger partial charge on any atom is 0.341 e. The molecule has 1 N–H and O–H groups in total.